The van der Waals surface area contributed by atoms with Gasteiger partial charge in [-0.3, -0.25) is 4.79 Å². The maximum absolute atomic E-state index is 13.2. The average molecular weight is 279 g/mol. The van der Waals surface area contributed by atoms with Crippen molar-refractivity contribution in [2.45, 2.75) is 0 Å². The van der Waals surface area contributed by atoms with Gasteiger partial charge in [-0.2, -0.15) is 0 Å². The van der Waals surface area contributed by atoms with Crippen LogP contribution in [0.15, 0.2) is 28.5 Å². The molecular formula is C12H7F2N3OS. The van der Waals surface area contributed by atoms with Gasteiger partial charge in [0.15, 0.2) is 22.2 Å². The van der Waals surface area contributed by atoms with E-state index in [2.05, 4.69) is 9.97 Å². The fourth-order valence-electron chi connectivity index (χ4n) is 1.82. The highest BCUT2D eigenvalue weighted by atomic mass is 32.1. The maximum atomic E-state index is 13.2. The third kappa shape index (κ3) is 1.88. The van der Waals surface area contributed by atoms with E-state index in [1.807, 2.05) is 0 Å². The number of halogens is 2. The lowest BCUT2D eigenvalue weighted by atomic mass is 10.1. The van der Waals surface area contributed by atoms with Crippen molar-refractivity contribution in [2.75, 3.05) is 5.73 Å². The van der Waals surface area contributed by atoms with Crippen molar-refractivity contribution >= 4 is 27.4 Å². The highest BCUT2D eigenvalue weighted by Crippen LogP contribution is 2.22. The van der Waals surface area contributed by atoms with Crippen molar-refractivity contribution in [3.63, 3.8) is 0 Å². The normalized spacial score (nSPS) is 11.1. The molecule has 3 rings (SSSR count). The van der Waals surface area contributed by atoms with Crippen LogP contribution in [-0.4, -0.2) is 9.97 Å². The van der Waals surface area contributed by atoms with E-state index >= 15 is 0 Å². The van der Waals surface area contributed by atoms with E-state index in [1.165, 1.54) is 17.5 Å². The quantitative estimate of drug-likeness (QED) is 0.719. The van der Waals surface area contributed by atoms with Gasteiger partial charge in [0.2, 0.25) is 0 Å². The molecule has 2 aromatic heterocycles. The zero-order valence-electron chi connectivity index (χ0n) is 9.41. The van der Waals surface area contributed by atoms with Gasteiger partial charge in [0, 0.05) is 23.0 Å². The van der Waals surface area contributed by atoms with E-state index in [1.54, 1.807) is 5.38 Å². The predicted octanol–water partition coefficient (Wildman–Crippen LogP) is 2.51. The van der Waals surface area contributed by atoms with E-state index < -0.39 is 17.1 Å². The van der Waals surface area contributed by atoms with Gasteiger partial charge in [0.25, 0.3) is 0 Å². The lowest BCUT2D eigenvalue weighted by molar-refractivity contribution is 0.510. The van der Waals surface area contributed by atoms with Crippen molar-refractivity contribution in [2.24, 2.45) is 0 Å². The zero-order chi connectivity index (χ0) is 13.6. The molecule has 0 fully saturated rings. The number of nitrogen functional groups attached to an aromatic ring is 1. The average Bonchev–Trinajstić information content (AvgIpc) is 2.79. The molecule has 3 aromatic rings. The summed E-state index contributed by atoms with van der Waals surface area (Å²) in [7, 11) is 0. The topological polar surface area (TPSA) is 71.8 Å². The van der Waals surface area contributed by atoms with Crippen molar-refractivity contribution in [3.8, 4) is 11.3 Å². The fraction of sp³-hybridized carbons (Fsp3) is 0. The number of H-pyrrole nitrogens is 1. The molecule has 0 saturated heterocycles. The number of pyridine rings is 1. The van der Waals surface area contributed by atoms with Crippen LogP contribution in [0.1, 0.15) is 0 Å². The number of rotatable bonds is 1. The Labute approximate surface area is 109 Å². The minimum absolute atomic E-state index is 0.0722. The molecule has 0 aliphatic carbocycles. The minimum Gasteiger partial charge on any atom is -0.375 e. The van der Waals surface area contributed by atoms with Crippen molar-refractivity contribution in [3.05, 3.63) is 45.6 Å². The molecule has 4 nitrogen and oxygen atoms in total. The van der Waals surface area contributed by atoms with E-state index in [-0.39, 0.29) is 16.5 Å². The number of aromatic nitrogens is 2. The number of benzene rings is 1. The summed E-state index contributed by atoms with van der Waals surface area (Å²) < 4.78 is 26.3. The molecule has 0 aliphatic heterocycles. The van der Waals surface area contributed by atoms with Crippen LogP contribution in [0, 0.1) is 11.6 Å². The zero-order valence-corrected chi connectivity index (χ0v) is 10.2. The fourth-order valence-corrected chi connectivity index (χ4v) is 2.38. The molecule has 2 heterocycles. The standard InChI is InChI=1S/C12H7F2N3OS/c13-7-1-5-9(2-8(7)14)16-3-6(11(5)18)10-4-19-12(15)17-10/h1-4H,(H2,15,17)(H,16,18). The molecule has 0 atom stereocenters. The number of nitrogens with one attached hydrogen (secondary N) is 1. The van der Waals surface area contributed by atoms with Crippen LogP contribution in [0.3, 0.4) is 0 Å². The van der Waals surface area contributed by atoms with Crippen molar-refractivity contribution in [1.29, 1.82) is 0 Å². The van der Waals surface area contributed by atoms with Crippen molar-refractivity contribution in [1.82, 2.24) is 9.97 Å². The number of aromatic amines is 1. The predicted molar refractivity (Wildman–Crippen MR) is 70.0 cm³/mol. The third-order valence-corrected chi connectivity index (χ3v) is 3.39. The van der Waals surface area contributed by atoms with Crippen LogP contribution >= 0.6 is 11.3 Å². The van der Waals surface area contributed by atoms with Gasteiger partial charge in [-0.15, -0.1) is 11.3 Å². The molecule has 0 aliphatic rings. The molecule has 0 saturated carbocycles. The molecule has 3 N–H and O–H groups in total. The van der Waals surface area contributed by atoms with Crippen LogP contribution in [0.5, 0.6) is 0 Å². The summed E-state index contributed by atoms with van der Waals surface area (Å²) >= 11 is 1.20. The minimum atomic E-state index is -1.06. The highest BCUT2D eigenvalue weighted by molar-refractivity contribution is 7.13. The maximum Gasteiger partial charge on any atom is 0.198 e. The Bertz CT molecular complexity index is 841. The Morgan fingerprint density at radius 1 is 1.26 bits per heavy atom. The molecule has 96 valence electrons. The summed E-state index contributed by atoms with van der Waals surface area (Å²) in [6.45, 7) is 0. The van der Waals surface area contributed by atoms with Crippen LogP contribution < -0.4 is 11.2 Å². The number of thiazole rings is 1. The van der Waals surface area contributed by atoms with Crippen LogP contribution in [0.4, 0.5) is 13.9 Å². The number of nitrogens with two attached hydrogens (primary N) is 1. The summed E-state index contributed by atoms with van der Waals surface area (Å²) in [5, 5.41) is 2.04. The highest BCUT2D eigenvalue weighted by Gasteiger charge is 2.12. The number of hydrogen-bond donors (Lipinski definition) is 2. The van der Waals surface area contributed by atoms with E-state index in [9.17, 15) is 13.6 Å². The largest absolute Gasteiger partial charge is 0.375 e. The van der Waals surface area contributed by atoms with Gasteiger partial charge in [-0.1, -0.05) is 0 Å². The molecule has 1 aromatic carbocycles. The molecule has 0 unspecified atom stereocenters. The molecular weight excluding hydrogens is 272 g/mol. The van der Waals surface area contributed by atoms with Crippen LogP contribution in [-0.2, 0) is 0 Å². The lowest BCUT2D eigenvalue weighted by Crippen LogP contribution is -2.07. The Kier molecular flexibility index (Phi) is 2.56. The van der Waals surface area contributed by atoms with Gasteiger partial charge in [0.05, 0.1) is 16.8 Å². The summed E-state index contributed by atoms with van der Waals surface area (Å²) in [6, 6.07) is 1.83. The number of nitrogens with zero attached hydrogens (tertiary/aromatic N) is 1. The monoisotopic (exact) mass is 279 g/mol. The molecule has 19 heavy (non-hydrogen) atoms. The number of anilines is 1. The molecule has 0 amide bonds. The first kappa shape index (κ1) is 11.8. The second kappa shape index (κ2) is 4.13. The molecule has 0 radical (unpaired) electrons. The first-order chi connectivity index (χ1) is 9.06. The van der Waals surface area contributed by atoms with Gasteiger partial charge < -0.3 is 10.7 Å². The third-order valence-electron chi connectivity index (χ3n) is 2.72. The van der Waals surface area contributed by atoms with Crippen molar-refractivity contribution < 1.29 is 8.78 Å². The lowest BCUT2D eigenvalue weighted by Gasteiger charge is -2.02. The second-order valence-electron chi connectivity index (χ2n) is 3.91. The molecule has 0 bridgehead atoms. The Hall–Kier alpha value is -2.28. The number of fused-ring (bicyclic) bond motifs is 1. The van der Waals surface area contributed by atoms with E-state index in [4.69, 9.17) is 5.73 Å². The Balaban J connectivity index is 2.32. The Morgan fingerprint density at radius 2 is 2.00 bits per heavy atom. The molecule has 7 heteroatoms. The van der Waals surface area contributed by atoms with Gasteiger partial charge in [-0.05, 0) is 6.07 Å². The summed E-state index contributed by atoms with van der Waals surface area (Å²) in [5.41, 5.74) is 6.00. The van der Waals surface area contributed by atoms with E-state index in [0.717, 1.165) is 12.1 Å². The SMILES string of the molecule is Nc1nc(-c2c[nH]c3cc(F)c(F)cc3c2=O)cs1. The van der Waals surface area contributed by atoms with Gasteiger partial charge in [0.1, 0.15) is 0 Å². The number of hydrogen-bond acceptors (Lipinski definition) is 4. The Morgan fingerprint density at radius 3 is 2.68 bits per heavy atom. The van der Waals surface area contributed by atoms with Gasteiger partial charge in [-0.25, -0.2) is 13.8 Å². The van der Waals surface area contributed by atoms with Crippen LogP contribution in [0.2, 0.25) is 0 Å². The molecule has 0 spiro atoms. The first-order valence-corrected chi connectivity index (χ1v) is 6.16. The summed E-state index contributed by atoms with van der Waals surface area (Å²) in [4.78, 5) is 19.0. The summed E-state index contributed by atoms with van der Waals surface area (Å²) in [5.74, 6) is -2.07. The van der Waals surface area contributed by atoms with Gasteiger partial charge >= 0.3 is 0 Å². The smallest absolute Gasteiger partial charge is 0.198 e. The van der Waals surface area contributed by atoms with Crippen LogP contribution in [0.25, 0.3) is 22.2 Å². The van der Waals surface area contributed by atoms with E-state index in [0.29, 0.717) is 10.8 Å². The first-order valence-electron chi connectivity index (χ1n) is 5.28. The summed E-state index contributed by atoms with van der Waals surface area (Å²) in [6.07, 6.45) is 1.41. The second-order valence-corrected chi connectivity index (χ2v) is 4.80.